The third kappa shape index (κ3) is 8.49. The predicted octanol–water partition coefficient (Wildman–Crippen LogP) is 6.79. The Morgan fingerprint density at radius 2 is 1.63 bits per heavy atom. The SMILES string of the molecule is CC(=O)N1CCC(C(=O)N(CCCN2CCC(Sc3ccc(F)cc3)CC2)c2ccc(Cl)c(Cl)c2)CC1.Cl. The number of carbonyl (C=O) groups is 2. The van der Waals surface area contributed by atoms with Gasteiger partial charge in [0.05, 0.1) is 10.0 Å². The van der Waals surface area contributed by atoms with Gasteiger partial charge in [-0.15, -0.1) is 24.2 Å². The Balaban J connectivity index is 0.00000400. The van der Waals surface area contributed by atoms with E-state index in [1.54, 1.807) is 19.1 Å². The molecule has 4 rings (SSSR count). The first-order chi connectivity index (χ1) is 17.8. The summed E-state index contributed by atoms with van der Waals surface area (Å²) in [6, 6.07) is 12.1. The van der Waals surface area contributed by atoms with Crippen molar-refractivity contribution in [1.29, 1.82) is 0 Å². The highest BCUT2D eigenvalue weighted by Crippen LogP contribution is 2.32. The fourth-order valence-electron chi connectivity index (χ4n) is 5.09. The Morgan fingerprint density at radius 1 is 0.974 bits per heavy atom. The molecule has 2 aromatic rings. The Hall–Kier alpha value is -1.51. The van der Waals surface area contributed by atoms with E-state index in [0.717, 1.165) is 49.5 Å². The Labute approximate surface area is 245 Å². The number of anilines is 1. The van der Waals surface area contributed by atoms with Crippen molar-refractivity contribution in [2.75, 3.05) is 44.2 Å². The first kappa shape index (κ1) is 31.0. The Morgan fingerprint density at radius 3 is 2.24 bits per heavy atom. The molecule has 2 amide bonds. The molecule has 208 valence electrons. The van der Waals surface area contributed by atoms with Gasteiger partial charge in [0.2, 0.25) is 11.8 Å². The second-order valence-electron chi connectivity index (χ2n) is 9.83. The molecule has 2 fully saturated rings. The van der Waals surface area contributed by atoms with Crippen molar-refractivity contribution in [2.45, 2.75) is 49.2 Å². The highest BCUT2D eigenvalue weighted by Gasteiger charge is 2.30. The molecule has 2 aromatic carbocycles. The summed E-state index contributed by atoms with van der Waals surface area (Å²) < 4.78 is 13.2. The van der Waals surface area contributed by atoms with Crippen LogP contribution in [0.3, 0.4) is 0 Å². The van der Waals surface area contributed by atoms with Gasteiger partial charge in [-0.1, -0.05) is 23.2 Å². The van der Waals surface area contributed by atoms with Crippen LogP contribution in [0, 0.1) is 11.7 Å². The molecule has 0 radical (unpaired) electrons. The number of rotatable bonds is 8. The maximum atomic E-state index is 13.6. The first-order valence-corrected chi connectivity index (χ1v) is 14.6. The molecule has 0 unspecified atom stereocenters. The zero-order chi connectivity index (χ0) is 26.4. The summed E-state index contributed by atoms with van der Waals surface area (Å²) in [6.45, 7) is 6.37. The number of amides is 2. The highest BCUT2D eigenvalue weighted by molar-refractivity contribution is 8.00. The minimum Gasteiger partial charge on any atom is -0.343 e. The van der Waals surface area contributed by atoms with Crippen LogP contribution in [0.4, 0.5) is 10.1 Å². The molecule has 0 N–H and O–H groups in total. The number of hydrogen-bond donors (Lipinski definition) is 0. The fourth-order valence-corrected chi connectivity index (χ4v) is 6.51. The van der Waals surface area contributed by atoms with E-state index >= 15 is 0 Å². The number of nitrogens with zero attached hydrogens (tertiary/aromatic N) is 3. The molecule has 2 saturated heterocycles. The van der Waals surface area contributed by atoms with Crippen LogP contribution in [0.15, 0.2) is 47.4 Å². The molecule has 38 heavy (non-hydrogen) atoms. The summed E-state index contributed by atoms with van der Waals surface area (Å²) in [5.74, 6) is -0.151. The van der Waals surface area contributed by atoms with Crippen LogP contribution >= 0.6 is 47.4 Å². The van der Waals surface area contributed by atoms with Gasteiger partial charge in [-0.2, -0.15) is 0 Å². The molecule has 0 bridgehead atoms. The van der Waals surface area contributed by atoms with Gasteiger partial charge in [0, 0.05) is 48.3 Å². The molecule has 0 saturated carbocycles. The van der Waals surface area contributed by atoms with E-state index in [1.807, 2.05) is 39.8 Å². The fraction of sp³-hybridized carbons (Fsp3) is 0.500. The lowest BCUT2D eigenvalue weighted by Gasteiger charge is -2.35. The van der Waals surface area contributed by atoms with Gasteiger partial charge in [-0.25, -0.2) is 4.39 Å². The van der Waals surface area contributed by atoms with Crippen LogP contribution in [0.25, 0.3) is 0 Å². The van der Waals surface area contributed by atoms with Crippen molar-refractivity contribution < 1.29 is 14.0 Å². The van der Waals surface area contributed by atoms with Crippen molar-refractivity contribution in [3.63, 3.8) is 0 Å². The van der Waals surface area contributed by atoms with Gasteiger partial charge in [0.1, 0.15) is 5.82 Å². The third-order valence-electron chi connectivity index (χ3n) is 7.28. The van der Waals surface area contributed by atoms with E-state index in [9.17, 15) is 14.0 Å². The Bertz CT molecular complexity index is 1080. The molecule has 0 aromatic heterocycles. The summed E-state index contributed by atoms with van der Waals surface area (Å²) in [6.07, 6.45) is 4.39. The lowest BCUT2D eigenvalue weighted by atomic mass is 9.94. The number of halogens is 4. The summed E-state index contributed by atoms with van der Waals surface area (Å²) in [5, 5.41) is 1.44. The monoisotopic (exact) mass is 601 g/mol. The lowest BCUT2D eigenvalue weighted by Crippen LogP contribution is -2.45. The number of benzene rings is 2. The van der Waals surface area contributed by atoms with Gasteiger partial charge in [0.15, 0.2) is 0 Å². The van der Waals surface area contributed by atoms with Gasteiger partial charge in [-0.3, -0.25) is 9.59 Å². The van der Waals surface area contributed by atoms with Crippen LogP contribution in [0.5, 0.6) is 0 Å². The third-order valence-corrected chi connectivity index (χ3v) is 9.37. The Kier molecular flexibility index (Phi) is 12.0. The molecule has 0 atom stereocenters. The summed E-state index contributed by atoms with van der Waals surface area (Å²) in [7, 11) is 0. The lowest BCUT2D eigenvalue weighted by molar-refractivity contribution is -0.133. The molecule has 5 nitrogen and oxygen atoms in total. The summed E-state index contributed by atoms with van der Waals surface area (Å²) in [5.41, 5.74) is 0.766. The minimum absolute atomic E-state index is 0. The number of hydrogen-bond acceptors (Lipinski definition) is 4. The van der Waals surface area contributed by atoms with Gasteiger partial charge in [-0.05, 0) is 94.2 Å². The summed E-state index contributed by atoms with van der Waals surface area (Å²) in [4.78, 5) is 32.5. The smallest absolute Gasteiger partial charge is 0.230 e. The number of carbonyl (C=O) groups excluding carboxylic acids is 2. The first-order valence-electron chi connectivity index (χ1n) is 13.0. The predicted molar refractivity (Wildman–Crippen MR) is 157 cm³/mol. The molecule has 2 aliphatic rings. The van der Waals surface area contributed by atoms with Crippen molar-refractivity contribution >= 4 is 64.9 Å². The zero-order valence-electron chi connectivity index (χ0n) is 21.6. The average molecular weight is 603 g/mol. The average Bonchev–Trinajstić information content (AvgIpc) is 2.90. The van der Waals surface area contributed by atoms with E-state index < -0.39 is 0 Å². The summed E-state index contributed by atoms with van der Waals surface area (Å²) >= 11 is 14.3. The molecular formula is C28H35Cl3FN3O2S. The van der Waals surface area contributed by atoms with Crippen molar-refractivity contribution in [2.24, 2.45) is 5.92 Å². The second-order valence-corrected chi connectivity index (χ2v) is 12.0. The molecular weight excluding hydrogens is 568 g/mol. The number of piperidine rings is 2. The number of thioether (sulfide) groups is 1. The highest BCUT2D eigenvalue weighted by atomic mass is 35.5. The largest absolute Gasteiger partial charge is 0.343 e. The van der Waals surface area contributed by atoms with E-state index in [4.69, 9.17) is 23.2 Å². The zero-order valence-corrected chi connectivity index (χ0v) is 24.7. The van der Waals surface area contributed by atoms with Crippen LogP contribution < -0.4 is 4.90 Å². The minimum atomic E-state index is -0.200. The normalized spacial score (nSPS) is 17.2. The molecule has 0 spiro atoms. The van der Waals surface area contributed by atoms with Gasteiger partial charge >= 0.3 is 0 Å². The van der Waals surface area contributed by atoms with E-state index in [0.29, 0.717) is 47.8 Å². The van der Waals surface area contributed by atoms with E-state index in [-0.39, 0.29) is 36.0 Å². The molecule has 10 heteroatoms. The van der Waals surface area contributed by atoms with E-state index in [1.165, 1.54) is 12.1 Å². The van der Waals surface area contributed by atoms with Crippen LogP contribution in [-0.2, 0) is 9.59 Å². The second kappa shape index (κ2) is 14.8. The van der Waals surface area contributed by atoms with Crippen molar-refractivity contribution in [3.05, 3.63) is 58.3 Å². The number of likely N-dealkylation sites (tertiary alicyclic amines) is 2. The van der Waals surface area contributed by atoms with E-state index in [2.05, 4.69) is 4.90 Å². The van der Waals surface area contributed by atoms with Crippen LogP contribution in [0.2, 0.25) is 10.0 Å². The molecule has 2 heterocycles. The van der Waals surface area contributed by atoms with Crippen LogP contribution in [0.1, 0.15) is 39.0 Å². The quantitative estimate of drug-likeness (QED) is 0.334. The molecule has 2 aliphatic heterocycles. The van der Waals surface area contributed by atoms with Crippen molar-refractivity contribution in [3.8, 4) is 0 Å². The maximum absolute atomic E-state index is 13.6. The topological polar surface area (TPSA) is 43.9 Å². The standard InChI is InChI=1S/C28H34Cl2FN3O2S.ClH/c1-20(35)33-17-9-21(10-18-33)28(36)34(23-5-8-26(29)27(30)19-23)14-2-13-32-15-11-25(12-16-32)37-24-6-3-22(31)4-7-24;/h3-8,19,21,25H,2,9-18H2,1H3;1H. The van der Waals surface area contributed by atoms with Gasteiger partial charge < -0.3 is 14.7 Å². The van der Waals surface area contributed by atoms with Gasteiger partial charge in [0.25, 0.3) is 0 Å². The van der Waals surface area contributed by atoms with Crippen LogP contribution in [-0.4, -0.2) is 66.1 Å². The van der Waals surface area contributed by atoms with Crippen molar-refractivity contribution in [1.82, 2.24) is 9.80 Å². The maximum Gasteiger partial charge on any atom is 0.230 e. The molecule has 0 aliphatic carbocycles.